The molecule has 1 heterocycles. The Hall–Kier alpha value is -0.110. The van der Waals surface area contributed by atoms with Crippen LogP contribution < -0.4 is 0 Å². The monoisotopic (exact) mass is 199 g/mol. The van der Waals surface area contributed by atoms with E-state index in [0.717, 1.165) is 25.9 Å². The van der Waals surface area contributed by atoms with Crippen molar-refractivity contribution in [2.24, 2.45) is 11.3 Å². The summed E-state index contributed by atoms with van der Waals surface area (Å²) in [5.41, 5.74) is -0.817. The van der Waals surface area contributed by atoms with Crippen LogP contribution in [0.25, 0.3) is 0 Å². The molecule has 82 valence electrons. The van der Waals surface area contributed by atoms with Crippen LogP contribution in [0.1, 0.15) is 40.0 Å². The summed E-state index contributed by atoms with van der Waals surface area (Å²) in [7, 11) is 0. The maximum atomic E-state index is 13.8. The number of hydrogen-bond donors (Lipinski definition) is 0. The Bertz CT molecular complexity index is 224. The first-order chi connectivity index (χ1) is 6.45. The van der Waals surface area contributed by atoms with Gasteiger partial charge in [0.2, 0.25) is 0 Å². The van der Waals surface area contributed by atoms with Gasteiger partial charge in [-0.25, -0.2) is 4.39 Å². The Labute approximate surface area is 86.7 Å². The smallest absolute Gasteiger partial charge is 0.115 e. The summed E-state index contributed by atoms with van der Waals surface area (Å²) >= 11 is 0. The first kappa shape index (κ1) is 10.4. The van der Waals surface area contributed by atoms with Crippen LogP contribution >= 0.6 is 0 Å². The SMILES string of the molecule is CC(C)CN1CCCC2(C1)CC2(C)F. The Balaban J connectivity index is 1.93. The lowest BCUT2D eigenvalue weighted by atomic mass is 9.91. The molecule has 0 N–H and O–H groups in total. The zero-order valence-corrected chi connectivity index (χ0v) is 9.65. The van der Waals surface area contributed by atoms with Crippen molar-refractivity contribution < 1.29 is 4.39 Å². The van der Waals surface area contributed by atoms with Gasteiger partial charge < -0.3 is 4.90 Å². The molecule has 0 amide bonds. The van der Waals surface area contributed by atoms with E-state index in [1.165, 1.54) is 13.0 Å². The molecule has 2 aliphatic rings. The minimum atomic E-state index is -0.858. The Morgan fingerprint density at radius 2 is 2.07 bits per heavy atom. The third kappa shape index (κ3) is 1.69. The van der Waals surface area contributed by atoms with Gasteiger partial charge in [-0.15, -0.1) is 0 Å². The standard InChI is InChI=1S/C12H22FN/c1-10(2)7-14-6-4-5-12(9-14)8-11(12,3)13/h10H,4-9H2,1-3H3. The number of likely N-dealkylation sites (tertiary alicyclic amines) is 1. The molecule has 1 saturated carbocycles. The average molecular weight is 199 g/mol. The fourth-order valence-corrected chi connectivity index (χ4v) is 3.06. The molecule has 2 unspecified atom stereocenters. The zero-order valence-electron chi connectivity index (χ0n) is 9.65. The van der Waals surface area contributed by atoms with Crippen LogP contribution in [0.5, 0.6) is 0 Å². The van der Waals surface area contributed by atoms with Gasteiger partial charge in [-0.05, 0) is 38.6 Å². The minimum Gasteiger partial charge on any atom is -0.302 e. The molecule has 2 heteroatoms. The molecular formula is C12H22FN. The predicted molar refractivity (Wildman–Crippen MR) is 57.1 cm³/mol. The molecule has 2 rings (SSSR count). The van der Waals surface area contributed by atoms with Crippen LogP contribution in [-0.4, -0.2) is 30.2 Å². The Morgan fingerprint density at radius 1 is 1.43 bits per heavy atom. The quantitative estimate of drug-likeness (QED) is 0.661. The lowest BCUT2D eigenvalue weighted by Gasteiger charge is -2.35. The van der Waals surface area contributed by atoms with Gasteiger partial charge in [0, 0.05) is 18.5 Å². The van der Waals surface area contributed by atoms with Crippen LogP contribution in [0.4, 0.5) is 4.39 Å². The van der Waals surface area contributed by atoms with Crippen LogP contribution in [0, 0.1) is 11.3 Å². The van der Waals surface area contributed by atoms with Crippen LogP contribution in [0.15, 0.2) is 0 Å². The topological polar surface area (TPSA) is 3.24 Å². The van der Waals surface area contributed by atoms with Crippen molar-refractivity contribution in [1.29, 1.82) is 0 Å². The van der Waals surface area contributed by atoms with Gasteiger partial charge in [0.1, 0.15) is 5.67 Å². The van der Waals surface area contributed by atoms with Crippen molar-refractivity contribution in [2.75, 3.05) is 19.6 Å². The van der Waals surface area contributed by atoms with Gasteiger partial charge in [-0.1, -0.05) is 13.8 Å². The van der Waals surface area contributed by atoms with Gasteiger partial charge in [0.15, 0.2) is 0 Å². The fourth-order valence-electron chi connectivity index (χ4n) is 3.06. The van der Waals surface area contributed by atoms with E-state index in [1.807, 2.05) is 0 Å². The highest BCUT2D eigenvalue weighted by atomic mass is 19.1. The average Bonchev–Trinajstić information content (AvgIpc) is 2.50. The number of alkyl halides is 1. The van der Waals surface area contributed by atoms with Gasteiger partial charge >= 0.3 is 0 Å². The number of piperidine rings is 1. The molecule has 1 spiro atoms. The molecule has 1 aliphatic heterocycles. The highest BCUT2D eigenvalue weighted by molar-refractivity contribution is 5.16. The summed E-state index contributed by atoms with van der Waals surface area (Å²) in [5.74, 6) is 0.703. The zero-order chi connectivity index (χ0) is 10.4. The van der Waals surface area contributed by atoms with Crippen molar-refractivity contribution in [1.82, 2.24) is 4.90 Å². The molecule has 0 bridgehead atoms. The molecule has 1 aliphatic carbocycles. The molecule has 0 aromatic carbocycles. The number of halogens is 1. The van der Waals surface area contributed by atoms with Gasteiger partial charge in [-0.2, -0.15) is 0 Å². The van der Waals surface area contributed by atoms with E-state index in [2.05, 4.69) is 18.7 Å². The van der Waals surface area contributed by atoms with Crippen molar-refractivity contribution in [2.45, 2.75) is 45.7 Å². The van der Waals surface area contributed by atoms with Crippen LogP contribution in [-0.2, 0) is 0 Å². The maximum absolute atomic E-state index is 13.8. The van der Waals surface area contributed by atoms with E-state index in [1.54, 1.807) is 6.92 Å². The highest BCUT2D eigenvalue weighted by Crippen LogP contribution is 2.63. The van der Waals surface area contributed by atoms with Crippen molar-refractivity contribution >= 4 is 0 Å². The maximum Gasteiger partial charge on any atom is 0.115 e. The second-order valence-corrected chi connectivity index (χ2v) is 5.89. The molecular weight excluding hydrogens is 177 g/mol. The summed E-state index contributed by atoms with van der Waals surface area (Å²) in [6.07, 6.45) is 3.09. The van der Waals surface area contributed by atoms with Crippen LogP contribution in [0.2, 0.25) is 0 Å². The largest absolute Gasteiger partial charge is 0.302 e. The molecule has 1 saturated heterocycles. The van der Waals surface area contributed by atoms with E-state index in [4.69, 9.17) is 0 Å². The second-order valence-electron chi connectivity index (χ2n) is 5.89. The normalized spacial score (nSPS) is 43.5. The van der Waals surface area contributed by atoms with E-state index >= 15 is 0 Å². The van der Waals surface area contributed by atoms with E-state index in [9.17, 15) is 4.39 Å². The van der Waals surface area contributed by atoms with Gasteiger partial charge in [0.25, 0.3) is 0 Å². The second kappa shape index (κ2) is 3.19. The molecule has 0 aromatic heterocycles. The number of nitrogens with zero attached hydrogens (tertiary/aromatic N) is 1. The summed E-state index contributed by atoms with van der Waals surface area (Å²) in [4.78, 5) is 2.46. The summed E-state index contributed by atoms with van der Waals surface area (Å²) in [6, 6.07) is 0. The van der Waals surface area contributed by atoms with E-state index in [0.29, 0.717) is 5.92 Å². The first-order valence-corrected chi connectivity index (χ1v) is 5.86. The van der Waals surface area contributed by atoms with Crippen molar-refractivity contribution in [3.63, 3.8) is 0 Å². The Morgan fingerprint density at radius 3 is 2.57 bits per heavy atom. The third-order valence-corrected chi connectivity index (χ3v) is 3.93. The number of rotatable bonds is 2. The summed E-state index contributed by atoms with van der Waals surface area (Å²) in [5, 5.41) is 0. The highest BCUT2D eigenvalue weighted by Gasteiger charge is 2.66. The van der Waals surface area contributed by atoms with Gasteiger partial charge in [-0.3, -0.25) is 0 Å². The Kier molecular flexibility index (Phi) is 2.37. The molecule has 1 nitrogen and oxygen atoms in total. The lowest BCUT2D eigenvalue weighted by molar-refractivity contribution is 0.105. The fraction of sp³-hybridized carbons (Fsp3) is 1.00. The summed E-state index contributed by atoms with van der Waals surface area (Å²) < 4.78 is 13.8. The van der Waals surface area contributed by atoms with Gasteiger partial charge in [0.05, 0.1) is 0 Å². The first-order valence-electron chi connectivity index (χ1n) is 5.86. The molecule has 14 heavy (non-hydrogen) atoms. The number of hydrogen-bond acceptors (Lipinski definition) is 1. The predicted octanol–water partition coefficient (Wildman–Crippen LogP) is 2.86. The third-order valence-electron chi connectivity index (χ3n) is 3.93. The molecule has 2 fully saturated rings. The minimum absolute atomic E-state index is 0.0418. The molecule has 0 aromatic rings. The summed E-state index contributed by atoms with van der Waals surface area (Å²) in [6.45, 7) is 9.57. The van der Waals surface area contributed by atoms with E-state index in [-0.39, 0.29) is 5.41 Å². The lowest BCUT2D eigenvalue weighted by Crippen LogP contribution is -2.40. The van der Waals surface area contributed by atoms with Crippen molar-refractivity contribution in [3.8, 4) is 0 Å². The van der Waals surface area contributed by atoms with Crippen LogP contribution in [0.3, 0.4) is 0 Å². The van der Waals surface area contributed by atoms with Crippen molar-refractivity contribution in [3.05, 3.63) is 0 Å². The molecule has 0 radical (unpaired) electrons. The molecule has 2 atom stereocenters. The van der Waals surface area contributed by atoms with E-state index < -0.39 is 5.67 Å².